The van der Waals surface area contributed by atoms with Crippen LogP contribution in [-0.4, -0.2) is 44.1 Å². The third-order valence-electron chi connectivity index (χ3n) is 3.82. The van der Waals surface area contributed by atoms with Crippen molar-refractivity contribution in [3.05, 3.63) is 56.5 Å². The Morgan fingerprint density at radius 3 is 1.57 bits per heavy atom. The molecule has 0 amide bonds. The fourth-order valence-electron chi connectivity index (χ4n) is 2.61. The van der Waals surface area contributed by atoms with Crippen LogP contribution in [0.15, 0.2) is 55.1 Å². The van der Waals surface area contributed by atoms with Gasteiger partial charge in [0.15, 0.2) is 0 Å². The SMILES string of the molecule is CC(C)(C)NS(=O)(=O)c1cc(C(=O)O)ccc1Br.CC(C)(C)NS(=O)(=O)c1cc(CO)ccc1Br. The number of carboxylic acid groups (broad SMARTS) is 1. The molecule has 0 saturated heterocycles. The molecule has 0 spiro atoms. The van der Waals surface area contributed by atoms with Crippen molar-refractivity contribution in [2.75, 3.05) is 0 Å². The van der Waals surface area contributed by atoms with Crippen molar-refractivity contribution < 1.29 is 31.8 Å². The Morgan fingerprint density at radius 2 is 1.20 bits per heavy atom. The van der Waals surface area contributed by atoms with Crippen LogP contribution in [0, 0.1) is 0 Å². The maximum atomic E-state index is 12.1. The second-order valence-corrected chi connectivity index (χ2v) is 14.6. The maximum Gasteiger partial charge on any atom is 0.335 e. The van der Waals surface area contributed by atoms with Crippen LogP contribution >= 0.6 is 31.9 Å². The van der Waals surface area contributed by atoms with Crippen LogP contribution in [0.1, 0.15) is 57.5 Å². The zero-order valence-electron chi connectivity index (χ0n) is 20.2. The van der Waals surface area contributed by atoms with Crippen LogP contribution in [0.3, 0.4) is 0 Å². The molecule has 0 aliphatic carbocycles. The Morgan fingerprint density at radius 1 is 0.800 bits per heavy atom. The molecule has 2 aromatic carbocycles. The minimum absolute atomic E-state index is 0.0764. The van der Waals surface area contributed by atoms with Gasteiger partial charge >= 0.3 is 5.97 Å². The first-order chi connectivity index (χ1) is 15.7. The number of sulfonamides is 2. The van der Waals surface area contributed by atoms with Gasteiger partial charge in [0, 0.05) is 20.0 Å². The zero-order valence-corrected chi connectivity index (χ0v) is 25.0. The average molecular weight is 658 g/mol. The van der Waals surface area contributed by atoms with Gasteiger partial charge in [-0.2, -0.15) is 0 Å². The van der Waals surface area contributed by atoms with Gasteiger partial charge in [0.2, 0.25) is 20.0 Å². The Kier molecular flexibility index (Phi) is 10.7. The van der Waals surface area contributed by atoms with E-state index in [0.29, 0.717) is 14.5 Å². The van der Waals surface area contributed by atoms with E-state index in [1.165, 1.54) is 18.2 Å². The van der Waals surface area contributed by atoms with E-state index in [1.807, 2.05) is 0 Å². The smallest absolute Gasteiger partial charge is 0.335 e. The average Bonchev–Trinajstić information content (AvgIpc) is 2.65. The minimum Gasteiger partial charge on any atom is -0.478 e. The van der Waals surface area contributed by atoms with Crippen molar-refractivity contribution in [2.45, 2.75) is 69.0 Å². The number of hydrogen-bond acceptors (Lipinski definition) is 6. The second-order valence-electron chi connectivity index (χ2n) is 9.58. The van der Waals surface area contributed by atoms with E-state index in [2.05, 4.69) is 41.3 Å². The van der Waals surface area contributed by atoms with Gasteiger partial charge in [0.1, 0.15) is 0 Å². The summed E-state index contributed by atoms with van der Waals surface area (Å²) in [7, 11) is -7.35. The number of aromatic carboxylic acids is 1. The molecule has 0 radical (unpaired) electrons. The van der Waals surface area contributed by atoms with Gasteiger partial charge < -0.3 is 10.2 Å². The summed E-state index contributed by atoms with van der Waals surface area (Å²) in [5.41, 5.74) is -0.708. The van der Waals surface area contributed by atoms with E-state index < -0.39 is 37.1 Å². The molecule has 196 valence electrons. The molecule has 4 N–H and O–H groups in total. The zero-order chi connectivity index (χ0) is 27.4. The van der Waals surface area contributed by atoms with Gasteiger partial charge in [0.05, 0.1) is 22.0 Å². The highest BCUT2D eigenvalue weighted by Gasteiger charge is 2.25. The molecular formula is C22H30Br2N2O7S2. The minimum atomic E-state index is -3.76. The predicted octanol–water partition coefficient (Wildman–Crippen LogP) is 4.24. The summed E-state index contributed by atoms with van der Waals surface area (Å²) in [6.07, 6.45) is 0. The number of aliphatic hydroxyl groups excluding tert-OH is 1. The van der Waals surface area contributed by atoms with Gasteiger partial charge in [-0.15, -0.1) is 0 Å². The Bertz CT molecular complexity index is 1280. The Labute approximate surface area is 223 Å². The highest BCUT2D eigenvalue weighted by Crippen LogP contribution is 2.25. The summed E-state index contributed by atoms with van der Waals surface area (Å²) < 4.78 is 54.3. The summed E-state index contributed by atoms with van der Waals surface area (Å²) in [5.74, 6) is -1.17. The number of halogens is 2. The van der Waals surface area contributed by atoms with Crippen molar-refractivity contribution >= 4 is 57.9 Å². The quantitative estimate of drug-likeness (QED) is 0.363. The summed E-state index contributed by atoms with van der Waals surface area (Å²) in [5, 5.41) is 17.9. The number of carboxylic acids is 1. The van der Waals surface area contributed by atoms with Crippen molar-refractivity contribution in [1.82, 2.24) is 9.44 Å². The van der Waals surface area contributed by atoms with E-state index in [4.69, 9.17) is 10.2 Å². The lowest BCUT2D eigenvalue weighted by molar-refractivity contribution is 0.0696. The van der Waals surface area contributed by atoms with Crippen LogP contribution in [0.25, 0.3) is 0 Å². The van der Waals surface area contributed by atoms with Crippen LogP contribution in [-0.2, 0) is 26.7 Å². The first kappa shape index (κ1) is 31.7. The molecule has 0 aliphatic heterocycles. The number of benzene rings is 2. The molecule has 0 aromatic heterocycles. The van der Waals surface area contributed by atoms with Crippen LogP contribution in [0.2, 0.25) is 0 Å². The van der Waals surface area contributed by atoms with Gasteiger partial charge in [0.25, 0.3) is 0 Å². The number of hydrogen-bond donors (Lipinski definition) is 4. The monoisotopic (exact) mass is 656 g/mol. The molecule has 0 heterocycles. The predicted molar refractivity (Wildman–Crippen MR) is 141 cm³/mol. The van der Waals surface area contributed by atoms with E-state index >= 15 is 0 Å². The highest BCUT2D eigenvalue weighted by atomic mass is 79.9. The van der Waals surface area contributed by atoms with Crippen LogP contribution in [0.4, 0.5) is 0 Å². The molecule has 0 bridgehead atoms. The topological polar surface area (TPSA) is 150 Å². The molecule has 0 saturated carbocycles. The first-order valence-corrected chi connectivity index (χ1v) is 14.7. The Balaban J connectivity index is 0.000000351. The number of aliphatic hydroxyl groups is 1. The van der Waals surface area contributed by atoms with Crippen molar-refractivity contribution in [2.24, 2.45) is 0 Å². The summed E-state index contributed by atoms with van der Waals surface area (Å²) in [4.78, 5) is 10.9. The van der Waals surface area contributed by atoms with Crippen LogP contribution in [0.5, 0.6) is 0 Å². The highest BCUT2D eigenvalue weighted by molar-refractivity contribution is 9.10. The molecular weight excluding hydrogens is 628 g/mol. The molecule has 0 unspecified atom stereocenters. The van der Waals surface area contributed by atoms with Gasteiger partial charge in [-0.1, -0.05) is 6.07 Å². The largest absolute Gasteiger partial charge is 0.478 e. The molecule has 13 heteroatoms. The normalized spacial score (nSPS) is 12.6. The fourth-order valence-corrected chi connectivity index (χ4v) is 7.45. The molecule has 0 aliphatic rings. The second kappa shape index (κ2) is 11.8. The standard InChI is InChI=1S/C11H14BrNO4S.C11H16BrNO3S/c1-11(2,3)13-18(16,17)9-6-7(10(14)15)4-5-8(9)12;1-11(2,3)13-17(15,16)10-6-8(7-14)4-5-9(10)12/h4-6,13H,1-3H3,(H,14,15);4-6,13-14H,7H2,1-3H3. The molecule has 2 rings (SSSR count). The molecule has 35 heavy (non-hydrogen) atoms. The number of nitrogens with one attached hydrogen (secondary N) is 2. The van der Waals surface area contributed by atoms with Gasteiger partial charge in [-0.05, 0) is 109 Å². The summed E-state index contributed by atoms with van der Waals surface area (Å²) >= 11 is 6.31. The lowest BCUT2D eigenvalue weighted by atomic mass is 10.1. The third-order valence-corrected chi connectivity index (χ3v) is 9.32. The van der Waals surface area contributed by atoms with Crippen molar-refractivity contribution in [1.29, 1.82) is 0 Å². The van der Waals surface area contributed by atoms with E-state index in [9.17, 15) is 21.6 Å². The van der Waals surface area contributed by atoms with E-state index in [1.54, 1.807) is 53.7 Å². The van der Waals surface area contributed by atoms with Crippen molar-refractivity contribution in [3.8, 4) is 0 Å². The van der Waals surface area contributed by atoms with Gasteiger partial charge in [-0.25, -0.2) is 31.1 Å². The van der Waals surface area contributed by atoms with E-state index in [-0.39, 0.29) is 22.0 Å². The fraction of sp³-hybridized carbons (Fsp3) is 0.409. The lowest BCUT2D eigenvalue weighted by Crippen LogP contribution is -2.40. The molecule has 2 aromatic rings. The van der Waals surface area contributed by atoms with Crippen LogP contribution < -0.4 is 9.44 Å². The summed E-state index contributed by atoms with van der Waals surface area (Å²) in [6.45, 7) is 10.3. The van der Waals surface area contributed by atoms with E-state index in [0.717, 1.165) is 6.07 Å². The maximum absolute atomic E-state index is 12.1. The van der Waals surface area contributed by atoms with Gasteiger partial charge in [-0.3, -0.25) is 0 Å². The summed E-state index contributed by atoms with van der Waals surface area (Å²) in [6, 6.07) is 8.60. The Hall–Kier alpha value is -1.35. The molecule has 0 atom stereocenters. The lowest BCUT2D eigenvalue weighted by Gasteiger charge is -2.21. The first-order valence-electron chi connectivity index (χ1n) is 10.2. The molecule has 0 fully saturated rings. The number of rotatable bonds is 6. The third kappa shape index (κ3) is 10.3. The molecule has 9 nitrogen and oxygen atoms in total. The van der Waals surface area contributed by atoms with Crippen molar-refractivity contribution in [3.63, 3.8) is 0 Å². The number of carbonyl (C=O) groups is 1.